The predicted octanol–water partition coefficient (Wildman–Crippen LogP) is 2.21. The second-order valence-electron chi connectivity index (χ2n) is 7.78. The van der Waals surface area contributed by atoms with E-state index in [1.807, 2.05) is 45.9 Å². The number of amides is 1. The molecule has 0 spiro atoms. The first-order chi connectivity index (χ1) is 11.6. The Hall–Kier alpha value is -1.57. The summed E-state index contributed by atoms with van der Waals surface area (Å²) in [6.07, 6.45) is -0.465. The van der Waals surface area contributed by atoms with Crippen molar-refractivity contribution in [3.63, 3.8) is 0 Å². The molecule has 1 N–H and O–H groups in total. The first-order valence-corrected chi connectivity index (χ1v) is 8.65. The monoisotopic (exact) mass is 347 g/mol. The first-order valence-electron chi connectivity index (χ1n) is 8.65. The molecule has 1 aromatic rings. The van der Waals surface area contributed by atoms with E-state index in [0.717, 1.165) is 23.0 Å². The summed E-state index contributed by atoms with van der Waals surface area (Å²) >= 11 is 0. The molecule has 6 nitrogen and oxygen atoms in total. The highest BCUT2D eigenvalue weighted by Gasteiger charge is 2.52. The average molecular weight is 347 g/mol. The minimum absolute atomic E-state index is 0.271. The Morgan fingerprint density at radius 3 is 2.52 bits per heavy atom. The summed E-state index contributed by atoms with van der Waals surface area (Å²) in [6, 6.07) is 6.00. The Morgan fingerprint density at radius 2 is 1.92 bits per heavy atom. The van der Waals surface area contributed by atoms with E-state index < -0.39 is 24.4 Å². The molecule has 0 aromatic heterocycles. The summed E-state index contributed by atoms with van der Waals surface area (Å²) in [4.78, 5) is 12.4. The third-order valence-corrected chi connectivity index (χ3v) is 5.54. The number of nitrogens with zero attached hydrogens (tertiary/aromatic N) is 1. The largest absolute Gasteiger partial charge is 0.495 e. The number of rotatable bonds is 3. The van der Waals surface area contributed by atoms with E-state index in [-0.39, 0.29) is 6.10 Å². The molecule has 3 rings (SSSR count). The normalized spacial score (nSPS) is 24.0. The number of benzene rings is 1. The standard InChI is InChI=1S/C18H26BNO5/c1-17(2)18(3,4)25-19(24-17)14-8-6-7-13-12(14)9-10-23-15(13)11-20(5)16(21)22/h6-8,15H,9-11H2,1-5H3,(H,21,22). The molecule has 1 saturated heterocycles. The van der Waals surface area contributed by atoms with Crippen molar-refractivity contribution in [3.05, 3.63) is 29.3 Å². The van der Waals surface area contributed by atoms with Gasteiger partial charge in [-0.1, -0.05) is 18.2 Å². The molecule has 2 aliphatic heterocycles. The molecule has 0 radical (unpaired) electrons. The van der Waals surface area contributed by atoms with E-state index >= 15 is 0 Å². The Balaban J connectivity index is 1.91. The predicted molar refractivity (Wildman–Crippen MR) is 95.2 cm³/mol. The number of likely N-dealkylation sites (N-methyl/N-ethyl adjacent to an activating group) is 1. The lowest BCUT2D eigenvalue weighted by atomic mass is 9.73. The summed E-state index contributed by atoms with van der Waals surface area (Å²) in [7, 11) is 1.13. The van der Waals surface area contributed by atoms with Crippen LogP contribution in [0.4, 0.5) is 4.79 Å². The van der Waals surface area contributed by atoms with Crippen LogP contribution in [0.15, 0.2) is 18.2 Å². The van der Waals surface area contributed by atoms with Crippen LogP contribution in [0.5, 0.6) is 0 Å². The molecule has 1 amide bonds. The Kier molecular flexibility index (Phi) is 4.60. The molecular weight excluding hydrogens is 321 g/mol. The van der Waals surface area contributed by atoms with Crippen LogP contribution in [0, 0.1) is 0 Å². The summed E-state index contributed by atoms with van der Waals surface area (Å²) in [5.41, 5.74) is 2.40. The number of ether oxygens (including phenoxy) is 1. The van der Waals surface area contributed by atoms with Gasteiger partial charge >= 0.3 is 13.2 Å². The van der Waals surface area contributed by atoms with Gasteiger partial charge in [0.2, 0.25) is 0 Å². The maximum Gasteiger partial charge on any atom is 0.495 e. The molecule has 1 unspecified atom stereocenters. The van der Waals surface area contributed by atoms with Gasteiger partial charge in [0, 0.05) is 7.05 Å². The van der Waals surface area contributed by atoms with Gasteiger partial charge in [0.1, 0.15) is 6.10 Å². The Bertz CT molecular complexity index is 659. The molecule has 1 atom stereocenters. The van der Waals surface area contributed by atoms with Crippen molar-refractivity contribution in [2.45, 2.75) is 51.4 Å². The number of carboxylic acid groups (broad SMARTS) is 1. The molecule has 2 aliphatic rings. The highest BCUT2D eigenvalue weighted by Crippen LogP contribution is 2.37. The molecule has 0 saturated carbocycles. The van der Waals surface area contributed by atoms with Crippen LogP contribution in [0.3, 0.4) is 0 Å². The van der Waals surface area contributed by atoms with Gasteiger partial charge in [-0.25, -0.2) is 4.79 Å². The first kappa shape index (κ1) is 18.2. The van der Waals surface area contributed by atoms with Crippen LogP contribution in [0.2, 0.25) is 0 Å². The van der Waals surface area contributed by atoms with Crippen LogP contribution in [0.25, 0.3) is 0 Å². The summed E-state index contributed by atoms with van der Waals surface area (Å²) < 4.78 is 18.2. The van der Waals surface area contributed by atoms with Crippen LogP contribution in [0.1, 0.15) is 44.9 Å². The number of fused-ring (bicyclic) bond motifs is 1. The van der Waals surface area contributed by atoms with Crippen LogP contribution in [-0.2, 0) is 20.5 Å². The zero-order valence-electron chi connectivity index (χ0n) is 15.5. The smallest absolute Gasteiger partial charge is 0.465 e. The molecule has 7 heteroatoms. The summed E-state index contributed by atoms with van der Waals surface area (Å²) in [5.74, 6) is 0. The summed E-state index contributed by atoms with van der Waals surface area (Å²) in [6.45, 7) is 9.01. The highest BCUT2D eigenvalue weighted by atomic mass is 16.7. The van der Waals surface area contributed by atoms with Crippen molar-refractivity contribution < 1.29 is 23.9 Å². The van der Waals surface area contributed by atoms with Crippen molar-refractivity contribution >= 4 is 18.7 Å². The van der Waals surface area contributed by atoms with Gasteiger partial charge in [0.25, 0.3) is 0 Å². The second kappa shape index (κ2) is 6.30. The Morgan fingerprint density at radius 1 is 1.28 bits per heavy atom. The lowest BCUT2D eigenvalue weighted by Gasteiger charge is -2.32. The van der Waals surface area contributed by atoms with Gasteiger partial charge in [-0.15, -0.1) is 0 Å². The zero-order chi connectivity index (χ0) is 18.4. The molecule has 136 valence electrons. The minimum Gasteiger partial charge on any atom is -0.465 e. The van der Waals surface area contributed by atoms with Crippen LogP contribution < -0.4 is 5.46 Å². The van der Waals surface area contributed by atoms with E-state index in [9.17, 15) is 4.79 Å². The van der Waals surface area contributed by atoms with Crippen molar-refractivity contribution in [2.75, 3.05) is 20.2 Å². The molecule has 0 aliphatic carbocycles. The van der Waals surface area contributed by atoms with Crippen molar-refractivity contribution in [2.24, 2.45) is 0 Å². The van der Waals surface area contributed by atoms with E-state index in [1.54, 1.807) is 7.05 Å². The molecule has 25 heavy (non-hydrogen) atoms. The third-order valence-electron chi connectivity index (χ3n) is 5.54. The van der Waals surface area contributed by atoms with E-state index in [0.29, 0.717) is 13.2 Å². The highest BCUT2D eigenvalue weighted by molar-refractivity contribution is 6.62. The SMILES string of the molecule is CN(CC1OCCc2c(B3OC(C)(C)C(C)(C)O3)cccc21)C(=O)O. The van der Waals surface area contributed by atoms with Crippen molar-refractivity contribution in [1.82, 2.24) is 4.90 Å². The van der Waals surface area contributed by atoms with E-state index in [1.165, 1.54) is 4.90 Å². The minimum atomic E-state index is -0.960. The molecule has 0 bridgehead atoms. The van der Waals surface area contributed by atoms with Crippen molar-refractivity contribution in [1.29, 1.82) is 0 Å². The molecule has 1 fully saturated rings. The Labute approximate surface area is 149 Å². The summed E-state index contributed by atoms with van der Waals surface area (Å²) in [5, 5.41) is 9.13. The van der Waals surface area contributed by atoms with Gasteiger partial charge in [0.05, 0.1) is 24.4 Å². The van der Waals surface area contributed by atoms with Gasteiger partial charge in [-0.3, -0.25) is 0 Å². The maximum atomic E-state index is 11.1. The fourth-order valence-electron chi connectivity index (χ4n) is 3.28. The topological polar surface area (TPSA) is 68.2 Å². The van der Waals surface area contributed by atoms with Crippen LogP contribution in [-0.4, -0.2) is 54.6 Å². The number of hydrogen-bond acceptors (Lipinski definition) is 4. The second-order valence-corrected chi connectivity index (χ2v) is 7.78. The average Bonchev–Trinajstić information content (AvgIpc) is 2.75. The van der Waals surface area contributed by atoms with Gasteiger partial charge in [0.15, 0.2) is 0 Å². The quantitative estimate of drug-likeness (QED) is 0.849. The van der Waals surface area contributed by atoms with Gasteiger partial charge < -0.3 is 24.1 Å². The fraction of sp³-hybridized carbons (Fsp3) is 0.611. The van der Waals surface area contributed by atoms with E-state index in [4.69, 9.17) is 19.2 Å². The van der Waals surface area contributed by atoms with E-state index in [2.05, 4.69) is 0 Å². The molecule has 2 heterocycles. The zero-order valence-corrected chi connectivity index (χ0v) is 15.5. The third kappa shape index (κ3) is 3.28. The lowest BCUT2D eigenvalue weighted by molar-refractivity contribution is 0.00578. The van der Waals surface area contributed by atoms with Crippen LogP contribution >= 0.6 is 0 Å². The molecular formula is C18H26BNO5. The fourth-order valence-corrected chi connectivity index (χ4v) is 3.28. The molecule has 1 aromatic carbocycles. The van der Waals surface area contributed by atoms with Gasteiger partial charge in [-0.05, 0) is 50.7 Å². The maximum absolute atomic E-state index is 11.1. The van der Waals surface area contributed by atoms with Crippen molar-refractivity contribution in [3.8, 4) is 0 Å². The number of carbonyl (C=O) groups is 1. The van der Waals surface area contributed by atoms with Gasteiger partial charge in [-0.2, -0.15) is 0 Å². The lowest BCUT2D eigenvalue weighted by Crippen LogP contribution is -2.41. The number of hydrogen-bond donors (Lipinski definition) is 1.